The summed E-state index contributed by atoms with van der Waals surface area (Å²) < 4.78 is 10.3. The van der Waals surface area contributed by atoms with Crippen molar-refractivity contribution in [1.29, 1.82) is 0 Å². The number of amides is 1. The Morgan fingerprint density at radius 2 is 1.59 bits per heavy atom. The Morgan fingerprint density at radius 1 is 1.00 bits per heavy atom. The van der Waals surface area contributed by atoms with Crippen LogP contribution in [0, 0.1) is 6.92 Å². The Hall–Kier alpha value is -2.86. The maximum absolute atomic E-state index is 12.3. The zero-order chi connectivity index (χ0) is 19.2. The fourth-order valence-corrected chi connectivity index (χ4v) is 3.67. The first kappa shape index (κ1) is 18.9. The van der Waals surface area contributed by atoms with E-state index >= 15 is 0 Å². The van der Waals surface area contributed by atoms with Crippen LogP contribution in [0.1, 0.15) is 16.1 Å². The Kier molecular flexibility index (Phi) is 6.08. The van der Waals surface area contributed by atoms with Gasteiger partial charge in [-0.2, -0.15) is 0 Å². The molecule has 27 heavy (non-hydrogen) atoms. The van der Waals surface area contributed by atoms with Gasteiger partial charge in [0.25, 0.3) is 0 Å². The SMILES string of the molecule is COc1ccc(CNC(=O)Cc2sc(-c3ccc(OC)cc3)nc2C)cc1. The highest BCUT2D eigenvalue weighted by atomic mass is 32.1. The predicted molar refractivity (Wildman–Crippen MR) is 107 cm³/mol. The molecular weight excluding hydrogens is 360 g/mol. The number of methoxy groups -OCH3 is 2. The first-order chi connectivity index (χ1) is 13.1. The molecule has 0 aliphatic rings. The largest absolute Gasteiger partial charge is 0.497 e. The van der Waals surface area contributed by atoms with E-state index in [0.717, 1.165) is 38.2 Å². The second-order valence-electron chi connectivity index (χ2n) is 6.06. The van der Waals surface area contributed by atoms with Crippen molar-refractivity contribution in [3.8, 4) is 22.1 Å². The summed E-state index contributed by atoms with van der Waals surface area (Å²) in [7, 11) is 3.28. The molecule has 0 unspecified atom stereocenters. The Balaban J connectivity index is 1.61. The van der Waals surface area contributed by atoms with Gasteiger partial charge in [-0.3, -0.25) is 4.79 Å². The first-order valence-electron chi connectivity index (χ1n) is 8.59. The predicted octanol–water partition coefficient (Wildman–Crippen LogP) is 3.99. The van der Waals surface area contributed by atoms with Crippen LogP contribution in [0.15, 0.2) is 48.5 Å². The van der Waals surface area contributed by atoms with Crippen LogP contribution in [-0.2, 0) is 17.8 Å². The molecule has 0 saturated carbocycles. The highest BCUT2D eigenvalue weighted by Gasteiger charge is 2.13. The molecule has 0 spiro atoms. The number of ether oxygens (including phenoxy) is 2. The molecule has 3 rings (SSSR count). The van der Waals surface area contributed by atoms with Gasteiger partial charge in [-0.1, -0.05) is 12.1 Å². The standard InChI is InChI=1S/C21H22N2O3S/c1-14-19(27-21(23-14)16-6-10-18(26-3)11-7-16)12-20(24)22-13-15-4-8-17(25-2)9-5-15/h4-11H,12-13H2,1-3H3,(H,22,24). The van der Waals surface area contributed by atoms with E-state index in [1.54, 1.807) is 25.6 Å². The summed E-state index contributed by atoms with van der Waals surface area (Å²) in [6, 6.07) is 15.4. The van der Waals surface area contributed by atoms with Gasteiger partial charge in [0.2, 0.25) is 5.91 Å². The molecule has 5 nitrogen and oxygen atoms in total. The summed E-state index contributed by atoms with van der Waals surface area (Å²) in [5.74, 6) is 1.60. The number of benzene rings is 2. The van der Waals surface area contributed by atoms with E-state index in [0.29, 0.717) is 13.0 Å². The van der Waals surface area contributed by atoms with Crippen molar-refractivity contribution in [3.05, 3.63) is 64.7 Å². The molecule has 0 atom stereocenters. The smallest absolute Gasteiger partial charge is 0.225 e. The second-order valence-corrected chi connectivity index (χ2v) is 7.14. The molecule has 0 fully saturated rings. The molecule has 0 saturated heterocycles. The normalized spacial score (nSPS) is 10.5. The van der Waals surface area contributed by atoms with Crippen molar-refractivity contribution in [3.63, 3.8) is 0 Å². The second kappa shape index (κ2) is 8.68. The number of nitrogens with one attached hydrogen (secondary N) is 1. The number of carbonyl (C=O) groups is 1. The molecular formula is C21H22N2O3S. The average Bonchev–Trinajstić information content (AvgIpc) is 3.07. The molecule has 1 amide bonds. The van der Waals surface area contributed by atoms with Crippen molar-refractivity contribution in [2.24, 2.45) is 0 Å². The minimum atomic E-state index is -0.0150. The van der Waals surface area contributed by atoms with E-state index in [2.05, 4.69) is 10.3 Å². The molecule has 1 N–H and O–H groups in total. The van der Waals surface area contributed by atoms with Crippen molar-refractivity contribution >= 4 is 17.2 Å². The van der Waals surface area contributed by atoms with Crippen LogP contribution in [0.2, 0.25) is 0 Å². The number of carbonyl (C=O) groups excluding carboxylic acids is 1. The van der Waals surface area contributed by atoms with Gasteiger partial charge in [-0.05, 0) is 48.9 Å². The lowest BCUT2D eigenvalue weighted by molar-refractivity contribution is -0.120. The molecule has 1 aromatic heterocycles. The van der Waals surface area contributed by atoms with Crippen LogP contribution in [0.5, 0.6) is 11.5 Å². The topological polar surface area (TPSA) is 60.5 Å². The lowest BCUT2D eigenvalue weighted by atomic mass is 10.2. The third kappa shape index (κ3) is 4.86. The monoisotopic (exact) mass is 382 g/mol. The van der Waals surface area contributed by atoms with Gasteiger partial charge in [0.15, 0.2) is 0 Å². The van der Waals surface area contributed by atoms with E-state index in [1.165, 1.54) is 0 Å². The number of rotatable bonds is 7. The van der Waals surface area contributed by atoms with Gasteiger partial charge in [0, 0.05) is 17.0 Å². The Morgan fingerprint density at radius 3 is 2.19 bits per heavy atom. The summed E-state index contributed by atoms with van der Waals surface area (Å²) >= 11 is 1.55. The van der Waals surface area contributed by atoms with E-state index in [-0.39, 0.29) is 5.91 Å². The van der Waals surface area contributed by atoms with Crippen LogP contribution in [-0.4, -0.2) is 25.1 Å². The van der Waals surface area contributed by atoms with Gasteiger partial charge in [-0.25, -0.2) is 4.98 Å². The van der Waals surface area contributed by atoms with Gasteiger partial charge in [0.1, 0.15) is 16.5 Å². The van der Waals surface area contributed by atoms with Crippen molar-refractivity contribution in [2.45, 2.75) is 19.9 Å². The van der Waals surface area contributed by atoms with E-state index in [9.17, 15) is 4.79 Å². The van der Waals surface area contributed by atoms with Crippen LogP contribution in [0.25, 0.3) is 10.6 Å². The molecule has 2 aromatic carbocycles. The maximum Gasteiger partial charge on any atom is 0.225 e. The summed E-state index contributed by atoms with van der Waals surface area (Å²) in [6.07, 6.45) is 0.329. The van der Waals surface area contributed by atoms with Crippen molar-refractivity contribution < 1.29 is 14.3 Å². The molecule has 1 heterocycles. The lowest BCUT2D eigenvalue weighted by Crippen LogP contribution is -2.24. The quantitative estimate of drug-likeness (QED) is 0.671. The molecule has 0 bridgehead atoms. The Labute approximate surface area is 163 Å². The number of nitrogens with zero attached hydrogens (tertiary/aromatic N) is 1. The maximum atomic E-state index is 12.3. The molecule has 140 valence electrons. The van der Waals surface area contributed by atoms with Gasteiger partial charge in [0.05, 0.1) is 26.3 Å². The summed E-state index contributed by atoms with van der Waals surface area (Å²) in [5.41, 5.74) is 2.95. The minimum absolute atomic E-state index is 0.0150. The van der Waals surface area contributed by atoms with Gasteiger partial charge >= 0.3 is 0 Å². The van der Waals surface area contributed by atoms with Crippen LogP contribution >= 0.6 is 11.3 Å². The fraction of sp³-hybridized carbons (Fsp3) is 0.238. The zero-order valence-corrected chi connectivity index (χ0v) is 16.4. The zero-order valence-electron chi connectivity index (χ0n) is 15.6. The summed E-state index contributed by atoms with van der Waals surface area (Å²) in [5, 5.41) is 3.87. The van der Waals surface area contributed by atoms with E-state index < -0.39 is 0 Å². The minimum Gasteiger partial charge on any atom is -0.497 e. The molecule has 0 aliphatic carbocycles. The van der Waals surface area contributed by atoms with Crippen LogP contribution < -0.4 is 14.8 Å². The number of thiazole rings is 1. The molecule has 6 heteroatoms. The summed E-state index contributed by atoms with van der Waals surface area (Å²) in [4.78, 5) is 17.9. The number of hydrogen-bond donors (Lipinski definition) is 1. The van der Waals surface area contributed by atoms with Crippen LogP contribution in [0.4, 0.5) is 0 Å². The molecule has 0 radical (unpaired) electrons. The van der Waals surface area contributed by atoms with Gasteiger partial charge < -0.3 is 14.8 Å². The van der Waals surface area contributed by atoms with Crippen molar-refractivity contribution in [2.75, 3.05) is 14.2 Å². The highest BCUT2D eigenvalue weighted by molar-refractivity contribution is 7.15. The van der Waals surface area contributed by atoms with Crippen LogP contribution in [0.3, 0.4) is 0 Å². The molecule has 3 aromatic rings. The Bertz CT molecular complexity index is 902. The molecule has 0 aliphatic heterocycles. The van der Waals surface area contributed by atoms with Gasteiger partial charge in [-0.15, -0.1) is 11.3 Å². The fourth-order valence-electron chi connectivity index (χ4n) is 2.60. The van der Waals surface area contributed by atoms with E-state index in [1.807, 2.05) is 55.5 Å². The first-order valence-corrected chi connectivity index (χ1v) is 9.41. The van der Waals surface area contributed by atoms with Crippen molar-refractivity contribution in [1.82, 2.24) is 10.3 Å². The number of aromatic nitrogens is 1. The summed E-state index contributed by atoms with van der Waals surface area (Å²) in [6.45, 7) is 2.43. The lowest BCUT2D eigenvalue weighted by Gasteiger charge is -2.06. The highest BCUT2D eigenvalue weighted by Crippen LogP contribution is 2.29. The number of hydrogen-bond acceptors (Lipinski definition) is 5. The number of aryl methyl sites for hydroxylation is 1. The van der Waals surface area contributed by atoms with E-state index in [4.69, 9.17) is 9.47 Å². The third-order valence-corrected chi connectivity index (χ3v) is 5.41. The third-order valence-electron chi connectivity index (χ3n) is 4.20. The average molecular weight is 382 g/mol.